The van der Waals surface area contributed by atoms with E-state index in [1.807, 2.05) is 34.9 Å². The first kappa shape index (κ1) is 24.5. The van der Waals surface area contributed by atoms with Crippen molar-refractivity contribution >= 4 is 24.5 Å². The number of benzene rings is 2. The van der Waals surface area contributed by atoms with E-state index in [1.54, 1.807) is 12.3 Å². The van der Waals surface area contributed by atoms with Crippen LogP contribution in [-0.2, 0) is 30.7 Å². The number of imidazole rings is 1. The predicted octanol–water partition coefficient (Wildman–Crippen LogP) is 4.27. The van der Waals surface area contributed by atoms with Gasteiger partial charge in [0.2, 0.25) is 5.91 Å². The molecule has 1 amide bonds. The number of hydrogen-bond acceptors (Lipinski definition) is 4. The lowest BCUT2D eigenvalue weighted by Gasteiger charge is -2.15. The highest BCUT2D eigenvalue weighted by Crippen LogP contribution is 2.16. The molecule has 0 saturated heterocycles. The van der Waals surface area contributed by atoms with Crippen LogP contribution in [0.15, 0.2) is 54.7 Å². The van der Waals surface area contributed by atoms with Crippen LogP contribution in [0.4, 0.5) is 4.39 Å². The van der Waals surface area contributed by atoms with Crippen molar-refractivity contribution < 1.29 is 19.1 Å². The Morgan fingerprint density at radius 3 is 2.61 bits per heavy atom. The van der Waals surface area contributed by atoms with Crippen LogP contribution in [0.1, 0.15) is 52.8 Å². The Morgan fingerprint density at radius 1 is 1.18 bits per heavy atom. The standard InChI is InChI=1S/C25H28FN3O3S/c1-2-3-9-23-27-14-19(15-28-24(30)22(33)13-17-7-5-4-6-8-17)29(23)16-18-10-11-20(25(31)32)21(26)12-18/h4-8,10-12,14,22,33H,2-3,9,13,15-16H2,1H3,(H,28,30)(H,31,32)/t22-/m0/s1. The van der Waals surface area contributed by atoms with Crippen molar-refractivity contribution in [2.45, 2.75) is 50.9 Å². The molecule has 1 aromatic heterocycles. The Kier molecular flexibility index (Phi) is 8.65. The molecule has 0 spiro atoms. The Hall–Kier alpha value is -3.13. The molecule has 0 aliphatic rings. The largest absolute Gasteiger partial charge is 0.478 e. The first-order valence-corrected chi connectivity index (χ1v) is 11.4. The number of thiol groups is 1. The molecule has 8 heteroatoms. The lowest BCUT2D eigenvalue weighted by atomic mass is 10.1. The minimum Gasteiger partial charge on any atom is -0.478 e. The third kappa shape index (κ3) is 6.68. The fraction of sp³-hybridized carbons (Fsp3) is 0.320. The van der Waals surface area contributed by atoms with Crippen LogP contribution in [0.5, 0.6) is 0 Å². The molecule has 174 valence electrons. The van der Waals surface area contributed by atoms with Gasteiger partial charge in [-0.25, -0.2) is 14.2 Å². The number of aromatic carboxylic acids is 1. The molecule has 0 aliphatic heterocycles. The summed E-state index contributed by atoms with van der Waals surface area (Å²) < 4.78 is 16.1. The van der Waals surface area contributed by atoms with Crippen LogP contribution >= 0.6 is 12.6 Å². The molecule has 3 rings (SSSR count). The topological polar surface area (TPSA) is 84.2 Å². The van der Waals surface area contributed by atoms with E-state index in [0.717, 1.165) is 36.3 Å². The number of carboxylic acid groups (broad SMARTS) is 1. The second-order valence-corrected chi connectivity index (χ2v) is 8.52. The molecular formula is C25H28FN3O3S. The van der Waals surface area contributed by atoms with Crippen molar-refractivity contribution in [1.82, 2.24) is 14.9 Å². The van der Waals surface area contributed by atoms with E-state index in [2.05, 4.69) is 29.9 Å². The summed E-state index contributed by atoms with van der Waals surface area (Å²) in [6.07, 6.45) is 4.94. The predicted molar refractivity (Wildman–Crippen MR) is 128 cm³/mol. The number of aromatic nitrogens is 2. The number of carbonyl (C=O) groups is 2. The van der Waals surface area contributed by atoms with Crippen molar-refractivity contribution in [2.75, 3.05) is 0 Å². The SMILES string of the molecule is CCCCc1ncc(CNC(=O)[C@@H](S)Cc2ccccc2)n1Cc1ccc(C(=O)O)c(F)c1. The molecule has 33 heavy (non-hydrogen) atoms. The minimum absolute atomic E-state index is 0.179. The zero-order chi connectivity index (χ0) is 23.8. The minimum atomic E-state index is -1.30. The van der Waals surface area contributed by atoms with E-state index in [-0.39, 0.29) is 18.0 Å². The van der Waals surface area contributed by atoms with Crippen LogP contribution < -0.4 is 5.32 Å². The average molecular weight is 470 g/mol. The molecule has 3 aromatic rings. The zero-order valence-electron chi connectivity index (χ0n) is 18.5. The summed E-state index contributed by atoms with van der Waals surface area (Å²) in [6, 6.07) is 13.8. The smallest absolute Gasteiger partial charge is 0.338 e. The zero-order valence-corrected chi connectivity index (χ0v) is 19.4. The second-order valence-electron chi connectivity index (χ2n) is 7.90. The van der Waals surface area contributed by atoms with Gasteiger partial charge in [-0.3, -0.25) is 4.79 Å². The summed E-state index contributed by atoms with van der Waals surface area (Å²) >= 11 is 4.45. The Morgan fingerprint density at radius 2 is 1.94 bits per heavy atom. The molecule has 0 radical (unpaired) electrons. The molecule has 0 bridgehead atoms. The molecule has 2 N–H and O–H groups in total. The Bertz CT molecular complexity index is 1100. The van der Waals surface area contributed by atoms with E-state index < -0.39 is 17.0 Å². The number of halogens is 1. The van der Waals surface area contributed by atoms with Gasteiger partial charge in [-0.2, -0.15) is 12.6 Å². The molecule has 0 aliphatic carbocycles. The lowest BCUT2D eigenvalue weighted by molar-refractivity contribution is -0.120. The van der Waals surface area contributed by atoms with Crippen molar-refractivity contribution in [3.8, 4) is 0 Å². The first-order valence-electron chi connectivity index (χ1n) is 10.9. The summed E-state index contributed by atoms with van der Waals surface area (Å²) in [5.41, 5.74) is 2.09. The maximum atomic E-state index is 14.2. The highest BCUT2D eigenvalue weighted by Gasteiger charge is 2.17. The first-order chi connectivity index (χ1) is 15.9. The second kappa shape index (κ2) is 11.7. The molecule has 1 heterocycles. The van der Waals surface area contributed by atoms with Crippen molar-refractivity contribution in [2.24, 2.45) is 0 Å². The van der Waals surface area contributed by atoms with Gasteiger partial charge in [-0.1, -0.05) is 49.7 Å². The Balaban J connectivity index is 1.72. The van der Waals surface area contributed by atoms with Gasteiger partial charge < -0.3 is 15.0 Å². The summed E-state index contributed by atoms with van der Waals surface area (Å²) in [5.74, 6) is -1.41. The highest BCUT2D eigenvalue weighted by atomic mass is 32.1. The number of aryl methyl sites for hydroxylation is 1. The number of carbonyl (C=O) groups excluding carboxylic acids is 1. The molecule has 0 unspecified atom stereocenters. The van der Waals surface area contributed by atoms with E-state index in [1.165, 1.54) is 12.1 Å². The quantitative estimate of drug-likeness (QED) is 0.366. The molecule has 0 saturated carbocycles. The van der Waals surface area contributed by atoms with Crippen LogP contribution in [-0.4, -0.2) is 31.8 Å². The normalized spacial score (nSPS) is 11.8. The number of nitrogens with one attached hydrogen (secondary N) is 1. The summed E-state index contributed by atoms with van der Waals surface area (Å²) in [4.78, 5) is 28.2. The maximum absolute atomic E-state index is 14.2. The number of amides is 1. The molecule has 2 aromatic carbocycles. The van der Waals surface area contributed by atoms with Gasteiger partial charge in [0, 0.05) is 13.0 Å². The van der Waals surface area contributed by atoms with E-state index in [4.69, 9.17) is 5.11 Å². The number of nitrogens with zero attached hydrogens (tertiary/aromatic N) is 2. The molecular weight excluding hydrogens is 441 g/mol. The third-order valence-electron chi connectivity index (χ3n) is 5.40. The average Bonchev–Trinajstić information content (AvgIpc) is 3.17. The van der Waals surface area contributed by atoms with Gasteiger partial charge in [0.25, 0.3) is 0 Å². The lowest BCUT2D eigenvalue weighted by Crippen LogP contribution is -2.33. The van der Waals surface area contributed by atoms with Crippen molar-refractivity contribution in [3.63, 3.8) is 0 Å². The van der Waals surface area contributed by atoms with Crippen molar-refractivity contribution in [3.05, 3.63) is 88.8 Å². The molecule has 6 nitrogen and oxygen atoms in total. The summed E-state index contributed by atoms with van der Waals surface area (Å²) in [5, 5.41) is 11.5. The van der Waals surface area contributed by atoms with Gasteiger partial charge in [-0.05, 0) is 36.1 Å². The van der Waals surface area contributed by atoms with Gasteiger partial charge in [-0.15, -0.1) is 0 Å². The van der Waals surface area contributed by atoms with Gasteiger partial charge >= 0.3 is 5.97 Å². The van der Waals surface area contributed by atoms with Gasteiger partial charge in [0.05, 0.1) is 29.2 Å². The Labute approximate surface area is 198 Å². The number of unbranched alkanes of at least 4 members (excludes halogenated alkanes) is 1. The van der Waals surface area contributed by atoms with Crippen molar-refractivity contribution in [1.29, 1.82) is 0 Å². The van der Waals surface area contributed by atoms with E-state index in [9.17, 15) is 14.0 Å². The highest BCUT2D eigenvalue weighted by molar-refractivity contribution is 7.81. The van der Waals surface area contributed by atoms with E-state index in [0.29, 0.717) is 18.5 Å². The summed E-state index contributed by atoms with van der Waals surface area (Å²) in [7, 11) is 0. The number of hydrogen-bond donors (Lipinski definition) is 3. The van der Waals surface area contributed by atoms with Gasteiger partial charge in [0.1, 0.15) is 11.6 Å². The molecule has 0 fully saturated rings. The van der Waals surface area contributed by atoms with E-state index >= 15 is 0 Å². The number of rotatable bonds is 11. The maximum Gasteiger partial charge on any atom is 0.338 e. The molecule has 1 atom stereocenters. The van der Waals surface area contributed by atoms with Crippen LogP contribution in [0.3, 0.4) is 0 Å². The van der Waals surface area contributed by atoms with Crippen LogP contribution in [0, 0.1) is 5.82 Å². The fourth-order valence-electron chi connectivity index (χ4n) is 3.56. The van der Waals surface area contributed by atoms with Crippen LogP contribution in [0.2, 0.25) is 0 Å². The van der Waals surface area contributed by atoms with Crippen LogP contribution in [0.25, 0.3) is 0 Å². The monoisotopic (exact) mass is 469 g/mol. The number of carboxylic acids is 1. The third-order valence-corrected chi connectivity index (χ3v) is 5.81. The fourth-order valence-corrected chi connectivity index (χ4v) is 3.86. The summed E-state index contributed by atoms with van der Waals surface area (Å²) in [6.45, 7) is 2.68. The van der Waals surface area contributed by atoms with Gasteiger partial charge in [0.15, 0.2) is 0 Å².